The highest BCUT2D eigenvalue weighted by Gasteiger charge is 2.16. The molecule has 0 fully saturated rings. The van der Waals surface area contributed by atoms with Gasteiger partial charge in [-0.25, -0.2) is 4.73 Å². The third-order valence-electron chi connectivity index (χ3n) is 4.61. The van der Waals surface area contributed by atoms with Gasteiger partial charge in [0.05, 0.1) is 31.3 Å². The molecule has 11 heteroatoms. The summed E-state index contributed by atoms with van der Waals surface area (Å²) >= 11 is 0. The highest BCUT2D eigenvalue weighted by Crippen LogP contribution is 2.28. The molecule has 1 aromatic carbocycles. The second-order valence-corrected chi connectivity index (χ2v) is 6.58. The molecule has 1 heterocycles. The summed E-state index contributed by atoms with van der Waals surface area (Å²) in [4.78, 5) is 24.4. The molecule has 0 saturated carbocycles. The van der Waals surface area contributed by atoms with Gasteiger partial charge in [-0.2, -0.15) is 0 Å². The third-order valence-corrected chi connectivity index (χ3v) is 4.61. The van der Waals surface area contributed by atoms with E-state index in [9.17, 15) is 20.1 Å². The van der Waals surface area contributed by atoms with Crippen molar-refractivity contribution < 1.29 is 28.7 Å². The van der Waals surface area contributed by atoms with Crippen LogP contribution >= 0.6 is 0 Å². The number of nitrogens with one attached hydrogen (secondary N) is 1. The van der Waals surface area contributed by atoms with Crippen LogP contribution in [-0.2, 0) is 4.74 Å². The second kappa shape index (κ2) is 12.3. The molecule has 174 valence electrons. The number of methoxy groups -OCH3 is 1. The molecule has 1 N–H and O–H groups in total. The van der Waals surface area contributed by atoms with Gasteiger partial charge in [-0.1, -0.05) is 0 Å². The number of hydrogen-bond donors (Lipinski definition) is 1. The van der Waals surface area contributed by atoms with Gasteiger partial charge in [0, 0.05) is 18.7 Å². The van der Waals surface area contributed by atoms with Crippen LogP contribution < -0.4 is 19.5 Å². The number of benzene rings is 1. The zero-order chi connectivity index (χ0) is 23.5. The standard InChI is InChI=1S/C21H28N4O7/c1-4-23(5-2)21(26)16-6-7-18(19(14-16)30-3)32-13-12-31-11-9-22-20-15-17(25(28)29)8-10-24(20)27/h6-8,10,14-15,22H,4-5,9,11-13H2,1-3H3. The van der Waals surface area contributed by atoms with E-state index in [1.54, 1.807) is 23.1 Å². The predicted octanol–water partition coefficient (Wildman–Crippen LogP) is 2.23. The van der Waals surface area contributed by atoms with Gasteiger partial charge < -0.3 is 24.3 Å². The molecule has 0 bridgehead atoms. The molecule has 1 amide bonds. The van der Waals surface area contributed by atoms with Crippen LogP contribution in [0.2, 0.25) is 0 Å². The van der Waals surface area contributed by atoms with Crippen LogP contribution in [0.15, 0.2) is 36.5 Å². The largest absolute Gasteiger partial charge is 0.711 e. The number of nitro groups is 1. The molecule has 2 rings (SSSR count). The number of hydrogen-bond acceptors (Lipinski definition) is 8. The van der Waals surface area contributed by atoms with Crippen LogP contribution in [0.1, 0.15) is 24.2 Å². The zero-order valence-corrected chi connectivity index (χ0v) is 18.4. The topological polar surface area (TPSA) is 130 Å². The van der Waals surface area contributed by atoms with Crippen molar-refractivity contribution in [2.75, 3.05) is 51.9 Å². The van der Waals surface area contributed by atoms with Crippen LogP contribution in [0, 0.1) is 15.3 Å². The van der Waals surface area contributed by atoms with Crippen LogP contribution in [-0.4, -0.2) is 62.3 Å². The van der Waals surface area contributed by atoms with Gasteiger partial charge in [0.1, 0.15) is 25.4 Å². The Hall–Kier alpha value is -3.60. The normalized spacial score (nSPS) is 10.5. The Balaban J connectivity index is 1.78. The Morgan fingerprint density at radius 3 is 2.53 bits per heavy atom. The number of carbonyl (C=O) groups excluding carboxylic acids is 1. The van der Waals surface area contributed by atoms with Crippen LogP contribution in [0.5, 0.6) is 11.5 Å². The number of ether oxygens (including phenoxy) is 3. The van der Waals surface area contributed by atoms with Crippen molar-refractivity contribution in [2.45, 2.75) is 13.8 Å². The molecule has 1 aromatic heterocycles. The van der Waals surface area contributed by atoms with Crippen LogP contribution in [0.25, 0.3) is 0 Å². The maximum absolute atomic E-state index is 12.5. The first-order valence-electron chi connectivity index (χ1n) is 10.2. The minimum atomic E-state index is -0.570. The summed E-state index contributed by atoms with van der Waals surface area (Å²) in [5, 5.41) is 25.2. The van der Waals surface area contributed by atoms with E-state index in [1.807, 2.05) is 13.8 Å². The van der Waals surface area contributed by atoms with Crippen molar-refractivity contribution in [1.82, 2.24) is 4.90 Å². The fourth-order valence-electron chi connectivity index (χ4n) is 2.90. The van der Waals surface area contributed by atoms with E-state index in [2.05, 4.69) is 5.32 Å². The summed E-state index contributed by atoms with van der Waals surface area (Å²) in [6, 6.07) is 7.33. The maximum Gasteiger partial charge on any atom is 0.284 e. The smallest absolute Gasteiger partial charge is 0.284 e. The highest BCUT2D eigenvalue weighted by molar-refractivity contribution is 5.94. The molecule has 0 aliphatic rings. The zero-order valence-electron chi connectivity index (χ0n) is 18.4. The van der Waals surface area contributed by atoms with Gasteiger partial charge in [0.25, 0.3) is 17.4 Å². The SMILES string of the molecule is CCN(CC)C(=O)c1ccc(OCCOCCNc2cc([N+](=O)[O-])cc[n+]2[O-])c(OC)c1. The lowest BCUT2D eigenvalue weighted by molar-refractivity contribution is -0.591. The lowest BCUT2D eigenvalue weighted by atomic mass is 10.1. The minimum absolute atomic E-state index is 0.0705. The van der Waals surface area contributed by atoms with Gasteiger partial charge in [-0.15, -0.1) is 0 Å². The van der Waals surface area contributed by atoms with E-state index < -0.39 is 4.92 Å². The Bertz CT molecular complexity index is 919. The summed E-state index contributed by atoms with van der Waals surface area (Å²) in [5.74, 6) is 0.951. The van der Waals surface area contributed by atoms with E-state index in [4.69, 9.17) is 14.2 Å². The second-order valence-electron chi connectivity index (χ2n) is 6.58. The monoisotopic (exact) mass is 448 g/mol. The van der Waals surface area contributed by atoms with E-state index >= 15 is 0 Å². The van der Waals surface area contributed by atoms with Gasteiger partial charge >= 0.3 is 0 Å². The number of aromatic nitrogens is 1. The number of anilines is 1. The summed E-state index contributed by atoms with van der Waals surface area (Å²) in [6.07, 6.45) is 1.07. The average Bonchev–Trinajstić information content (AvgIpc) is 2.80. The van der Waals surface area contributed by atoms with Gasteiger partial charge in [-0.3, -0.25) is 20.2 Å². The summed E-state index contributed by atoms with van der Waals surface area (Å²) < 4.78 is 17.0. The maximum atomic E-state index is 12.5. The van der Waals surface area contributed by atoms with Crippen molar-refractivity contribution in [3.8, 4) is 11.5 Å². The Kier molecular flexibility index (Phi) is 9.48. The van der Waals surface area contributed by atoms with Crippen molar-refractivity contribution >= 4 is 17.4 Å². The van der Waals surface area contributed by atoms with Crippen molar-refractivity contribution in [2.24, 2.45) is 0 Å². The molecule has 0 radical (unpaired) electrons. The van der Waals surface area contributed by atoms with E-state index in [1.165, 1.54) is 7.11 Å². The molecule has 0 saturated heterocycles. The van der Waals surface area contributed by atoms with Crippen LogP contribution in [0.3, 0.4) is 0 Å². The first-order valence-corrected chi connectivity index (χ1v) is 10.2. The number of nitrogens with zero attached hydrogens (tertiary/aromatic N) is 3. The number of carbonyl (C=O) groups is 1. The fourth-order valence-corrected chi connectivity index (χ4v) is 2.90. The molecular weight excluding hydrogens is 420 g/mol. The van der Waals surface area contributed by atoms with E-state index in [-0.39, 0.29) is 43.8 Å². The number of amides is 1. The number of rotatable bonds is 13. The average molecular weight is 448 g/mol. The highest BCUT2D eigenvalue weighted by atomic mass is 16.6. The summed E-state index contributed by atoms with van der Waals surface area (Å²) in [6.45, 7) is 6.17. The molecule has 0 aliphatic carbocycles. The van der Waals surface area contributed by atoms with Gasteiger partial charge in [-0.05, 0) is 32.0 Å². The van der Waals surface area contributed by atoms with Crippen molar-refractivity contribution in [3.05, 3.63) is 57.4 Å². The van der Waals surface area contributed by atoms with Crippen molar-refractivity contribution in [1.29, 1.82) is 0 Å². The molecule has 0 unspecified atom stereocenters. The summed E-state index contributed by atoms with van der Waals surface area (Å²) in [7, 11) is 1.51. The minimum Gasteiger partial charge on any atom is -0.711 e. The molecule has 0 aliphatic heterocycles. The lowest BCUT2D eigenvalue weighted by Crippen LogP contribution is -2.31. The quantitative estimate of drug-likeness (QED) is 0.162. The fraction of sp³-hybridized carbons (Fsp3) is 0.429. The summed E-state index contributed by atoms with van der Waals surface area (Å²) in [5.41, 5.74) is 0.352. The third kappa shape index (κ3) is 6.71. The Labute approximate surface area is 186 Å². The molecule has 0 spiro atoms. The van der Waals surface area contributed by atoms with E-state index in [0.717, 1.165) is 18.3 Å². The first kappa shape index (κ1) is 24.7. The molecular formula is C21H28N4O7. The van der Waals surface area contributed by atoms with E-state index in [0.29, 0.717) is 34.9 Å². The number of pyridine rings is 1. The van der Waals surface area contributed by atoms with Crippen molar-refractivity contribution in [3.63, 3.8) is 0 Å². The Morgan fingerprint density at radius 1 is 1.12 bits per heavy atom. The molecule has 11 nitrogen and oxygen atoms in total. The van der Waals surface area contributed by atoms with Gasteiger partial charge in [0.2, 0.25) is 0 Å². The first-order chi connectivity index (χ1) is 15.4. The molecule has 2 aromatic rings. The van der Waals surface area contributed by atoms with Crippen LogP contribution in [0.4, 0.5) is 11.5 Å². The lowest BCUT2D eigenvalue weighted by Gasteiger charge is -2.19. The molecule has 0 atom stereocenters. The van der Waals surface area contributed by atoms with Gasteiger partial charge in [0.15, 0.2) is 11.5 Å². The predicted molar refractivity (Wildman–Crippen MR) is 117 cm³/mol. The Morgan fingerprint density at radius 2 is 1.88 bits per heavy atom. The molecule has 32 heavy (non-hydrogen) atoms.